The second-order valence-corrected chi connectivity index (χ2v) is 5.26. The van der Waals surface area contributed by atoms with Gasteiger partial charge in [-0.2, -0.15) is 0 Å². The van der Waals surface area contributed by atoms with Crippen LogP contribution in [0.5, 0.6) is 5.75 Å². The monoisotopic (exact) mass is 283 g/mol. The van der Waals surface area contributed by atoms with Crippen molar-refractivity contribution in [1.29, 1.82) is 0 Å². The van der Waals surface area contributed by atoms with Gasteiger partial charge in [0, 0.05) is 6.04 Å². The van der Waals surface area contributed by atoms with Gasteiger partial charge in [0.05, 0.1) is 6.61 Å². The van der Waals surface area contributed by atoms with Gasteiger partial charge in [-0.3, -0.25) is 0 Å². The Bertz CT molecular complexity index is 548. The van der Waals surface area contributed by atoms with Gasteiger partial charge >= 0.3 is 0 Å². The maximum Gasteiger partial charge on any atom is 0.119 e. The maximum atomic E-state index is 5.56. The molecule has 2 aromatic rings. The first-order valence-corrected chi connectivity index (χ1v) is 7.81. The Morgan fingerprint density at radius 1 is 1.00 bits per heavy atom. The van der Waals surface area contributed by atoms with E-state index in [9.17, 15) is 0 Å². The first kappa shape index (κ1) is 15.6. The lowest BCUT2D eigenvalue weighted by atomic mass is 10.0. The molecule has 0 aromatic heterocycles. The molecule has 0 saturated carbocycles. The Labute approximate surface area is 128 Å². The van der Waals surface area contributed by atoms with Gasteiger partial charge in [0.25, 0.3) is 0 Å². The predicted octanol–water partition coefficient (Wildman–Crippen LogP) is 4.81. The summed E-state index contributed by atoms with van der Waals surface area (Å²) < 4.78 is 5.56. The lowest BCUT2D eigenvalue weighted by Crippen LogP contribution is -2.19. The molecular formula is C19H25NO. The normalized spacial score (nSPS) is 12.1. The van der Waals surface area contributed by atoms with E-state index in [-0.39, 0.29) is 0 Å². The van der Waals surface area contributed by atoms with Crippen LogP contribution in [-0.4, -0.2) is 13.2 Å². The number of hydrogen-bond acceptors (Lipinski definition) is 2. The second kappa shape index (κ2) is 7.84. The molecule has 0 fully saturated rings. The highest BCUT2D eigenvalue weighted by molar-refractivity contribution is 5.65. The lowest BCUT2D eigenvalue weighted by Gasteiger charge is -2.14. The summed E-state index contributed by atoms with van der Waals surface area (Å²) in [6.45, 7) is 8.16. The van der Waals surface area contributed by atoms with Crippen molar-refractivity contribution in [3.05, 3.63) is 54.1 Å². The summed E-state index contributed by atoms with van der Waals surface area (Å²) in [6.07, 6.45) is 1.16. The van der Waals surface area contributed by atoms with E-state index in [2.05, 4.69) is 55.6 Å². The van der Waals surface area contributed by atoms with E-state index in [0.29, 0.717) is 12.6 Å². The minimum atomic E-state index is 0.397. The van der Waals surface area contributed by atoms with Crippen molar-refractivity contribution in [3.63, 3.8) is 0 Å². The van der Waals surface area contributed by atoms with E-state index in [1.165, 1.54) is 16.7 Å². The van der Waals surface area contributed by atoms with E-state index in [1.54, 1.807) is 0 Å². The summed E-state index contributed by atoms with van der Waals surface area (Å²) in [5.41, 5.74) is 3.75. The fourth-order valence-corrected chi connectivity index (χ4v) is 2.38. The summed E-state index contributed by atoms with van der Waals surface area (Å²) in [4.78, 5) is 0. The van der Waals surface area contributed by atoms with Crippen LogP contribution in [0, 0.1) is 0 Å². The molecule has 21 heavy (non-hydrogen) atoms. The number of rotatable bonds is 7. The second-order valence-electron chi connectivity index (χ2n) is 5.26. The number of nitrogens with one attached hydrogen (secondary N) is 1. The Hall–Kier alpha value is -1.80. The first-order chi connectivity index (χ1) is 10.2. The smallest absolute Gasteiger partial charge is 0.119 e. The topological polar surface area (TPSA) is 21.3 Å². The zero-order valence-corrected chi connectivity index (χ0v) is 13.2. The molecule has 1 atom stereocenters. The van der Waals surface area contributed by atoms with E-state index in [0.717, 1.165) is 18.7 Å². The zero-order chi connectivity index (χ0) is 15.1. The van der Waals surface area contributed by atoms with Crippen LogP contribution in [0.25, 0.3) is 11.1 Å². The van der Waals surface area contributed by atoms with Crippen LogP contribution in [0.2, 0.25) is 0 Å². The maximum absolute atomic E-state index is 5.56. The van der Waals surface area contributed by atoms with Crippen LogP contribution in [0.4, 0.5) is 0 Å². The van der Waals surface area contributed by atoms with Crippen molar-refractivity contribution in [3.8, 4) is 16.9 Å². The largest absolute Gasteiger partial charge is 0.494 e. The van der Waals surface area contributed by atoms with Crippen molar-refractivity contribution >= 4 is 0 Å². The minimum Gasteiger partial charge on any atom is -0.494 e. The Morgan fingerprint density at radius 3 is 2.43 bits per heavy atom. The minimum absolute atomic E-state index is 0.397. The van der Waals surface area contributed by atoms with Gasteiger partial charge < -0.3 is 10.1 Å². The summed E-state index contributed by atoms with van der Waals surface area (Å²) in [5, 5.41) is 3.51. The Kier molecular flexibility index (Phi) is 5.82. The fourth-order valence-electron chi connectivity index (χ4n) is 2.38. The van der Waals surface area contributed by atoms with Crippen LogP contribution in [0.15, 0.2) is 48.5 Å². The third-order valence-corrected chi connectivity index (χ3v) is 3.59. The van der Waals surface area contributed by atoms with Gasteiger partial charge in [-0.25, -0.2) is 0 Å². The number of benzene rings is 2. The average Bonchev–Trinajstić information content (AvgIpc) is 2.53. The van der Waals surface area contributed by atoms with Crippen LogP contribution in [0.1, 0.15) is 38.8 Å². The summed E-state index contributed by atoms with van der Waals surface area (Å²) in [7, 11) is 0. The van der Waals surface area contributed by atoms with Gasteiger partial charge in [-0.05, 0) is 55.6 Å². The third kappa shape index (κ3) is 4.33. The van der Waals surface area contributed by atoms with Gasteiger partial charge in [0.1, 0.15) is 5.75 Å². The first-order valence-electron chi connectivity index (χ1n) is 7.81. The molecule has 0 aliphatic rings. The molecule has 0 saturated heterocycles. The molecule has 0 amide bonds. The molecule has 0 heterocycles. The van der Waals surface area contributed by atoms with Crippen LogP contribution in [0.3, 0.4) is 0 Å². The predicted molar refractivity (Wildman–Crippen MR) is 89.8 cm³/mol. The molecule has 2 nitrogen and oxygen atoms in total. The van der Waals surface area contributed by atoms with Crippen LogP contribution >= 0.6 is 0 Å². The summed E-state index contributed by atoms with van der Waals surface area (Å²) >= 11 is 0. The highest BCUT2D eigenvalue weighted by Crippen LogP contribution is 2.25. The molecule has 0 radical (unpaired) electrons. The quantitative estimate of drug-likeness (QED) is 0.787. The molecule has 2 rings (SSSR count). The molecule has 0 bridgehead atoms. The molecule has 2 heteroatoms. The summed E-state index contributed by atoms with van der Waals surface area (Å²) in [5.74, 6) is 0.928. The highest BCUT2D eigenvalue weighted by Gasteiger charge is 2.05. The SMILES string of the molecule is CCCNC(C)c1ccc(-c2cccc(OCC)c2)cc1. The third-order valence-electron chi connectivity index (χ3n) is 3.59. The molecule has 0 aliphatic carbocycles. The molecule has 1 N–H and O–H groups in total. The van der Waals surface area contributed by atoms with Crippen molar-refractivity contribution in [2.24, 2.45) is 0 Å². The van der Waals surface area contributed by atoms with Crippen LogP contribution < -0.4 is 10.1 Å². The average molecular weight is 283 g/mol. The van der Waals surface area contributed by atoms with E-state index >= 15 is 0 Å². The fraction of sp³-hybridized carbons (Fsp3) is 0.368. The van der Waals surface area contributed by atoms with Crippen molar-refractivity contribution < 1.29 is 4.74 Å². The Balaban J connectivity index is 2.13. The highest BCUT2D eigenvalue weighted by atomic mass is 16.5. The Morgan fingerprint density at radius 2 is 1.76 bits per heavy atom. The van der Waals surface area contributed by atoms with Gasteiger partial charge in [-0.15, -0.1) is 0 Å². The van der Waals surface area contributed by atoms with Gasteiger partial charge in [0.15, 0.2) is 0 Å². The lowest BCUT2D eigenvalue weighted by molar-refractivity contribution is 0.340. The van der Waals surface area contributed by atoms with E-state index in [4.69, 9.17) is 4.74 Å². The molecule has 2 aromatic carbocycles. The van der Waals surface area contributed by atoms with Crippen LogP contribution in [-0.2, 0) is 0 Å². The molecule has 1 unspecified atom stereocenters. The molecule has 0 spiro atoms. The zero-order valence-electron chi connectivity index (χ0n) is 13.2. The van der Waals surface area contributed by atoms with Crippen molar-refractivity contribution in [2.45, 2.75) is 33.2 Å². The summed E-state index contributed by atoms with van der Waals surface area (Å²) in [6, 6.07) is 17.4. The molecule has 112 valence electrons. The number of ether oxygens (including phenoxy) is 1. The van der Waals surface area contributed by atoms with E-state index < -0.39 is 0 Å². The molecular weight excluding hydrogens is 258 g/mol. The van der Waals surface area contributed by atoms with E-state index in [1.807, 2.05) is 19.1 Å². The molecule has 0 aliphatic heterocycles. The van der Waals surface area contributed by atoms with Crippen molar-refractivity contribution in [2.75, 3.05) is 13.2 Å². The van der Waals surface area contributed by atoms with Crippen molar-refractivity contribution in [1.82, 2.24) is 5.32 Å². The van der Waals surface area contributed by atoms with Gasteiger partial charge in [-0.1, -0.05) is 43.3 Å². The van der Waals surface area contributed by atoms with Gasteiger partial charge in [0.2, 0.25) is 0 Å². The number of hydrogen-bond donors (Lipinski definition) is 1. The standard InChI is InChI=1S/C19H25NO/c1-4-13-20-15(3)16-9-11-17(12-10-16)18-7-6-8-19(14-18)21-5-2/h6-12,14-15,20H,4-5,13H2,1-3H3.